The van der Waals surface area contributed by atoms with Gasteiger partial charge in [0.1, 0.15) is 18.1 Å². The number of carboxylic acid groups (broad SMARTS) is 3. The Kier molecular flexibility index (Phi) is 11.8. The number of carbonyl (C=O) groups excluding carboxylic acids is 3. The van der Waals surface area contributed by atoms with Crippen LogP contribution in [-0.4, -0.2) is 75.1 Å². The average Bonchev–Trinajstić information content (AvgIpc) is 2.62. The maximum Gasteiger partial charge on any atom is 0.326 e. The van der Waals surface area contributed by atoms with Crippen molar-refractivity contribution in [3.63, 3.8) is 0 Å². The zero-order valence-corrected chi connectivity index (χ0v) is 17.6. The molecule has 0 unspecified atom stereocenters. The Morgan fingerprint density at radius 1 is 0.742 bits per heavy atom. The van der Waals surface area contributed by atoms with Crippen LogP contribution >= 0.6 is 0 Å². The molecule has 0 aliphatic heterocycles. The van der Waals surface area contributed by atoms with Crippen LogP contribution in [-0.2, 0) is 28.8 Å². The highest BCUT2D eigenvalue weighted by Crippen LogP contribution is 2.07. The van der Waals surface area contributed by atoms with E-state index in [9.17, 15) is 33.9 Å². The summed E-state index contributed by atoms with van der Waals surface area (Å²) in [4.78, 5) is 70.2. The molecule has 0 saturated carbocycles. The van der Waals surface area contributed by atoms with Crippen LogP contribution in [0.1, 0.15) is 46.5 Å². The lowest BCUT2D eigenvalue weighted by molar-refractivity contribution is -0.144. The lowest BCUT2D eigenvalue weighted by Crippen LogP contribution is -2.57. The minimum atomic E-state index is -1.58. The van der Waals surface area contributed by atoms with Gasteiger partial charge in [-0.2, -0.15) is 0 Å². The Balaban J connectivity index is 5.52. The topological polar surface area (TPSA) is 225 Å². The van der Waals surface area contributed by atoms with Crippen LogP contribution in [0.3, 0.4) is 0 Å². The van der Waals surface area contributed by atoms with E-state index in [4.69, 9.17) is 15.9 Å². The normalized spacial score (nSPS) is 14.6. The Hall–Kier alpha value is -3.22. The number of rotatable bonds is 14. The monoisotopic (exact) mass is 446 g/mol. The third-order valence-corrected chi connectivity index (χ3v) is 4.03. The van der Waals surface area contributed by atoms with Gasteiger partial charge in [0.15, 0.2) is 0 Å². The molecule has 176 valence electrons. The molecule has 0 aromatic rings. The second kappa shape index (κ2) is 13.2. The lowest BCUT2D eigenvalue weighted by Gasteiger charge is -2.24. The number of carboxylic acids is 3. The van der Waals surface area contributed by atoms with Crippen LogP contribution in [0.2, 0.25) is 0 Å². The Bertz CT molecular complexity index is 694. The number of nitrogens with two attached hydrogens (primary N) is 1. The first kappa shape index (κ1) is 27.8. The summed E-state index contributed by atoms with van der Waals surface area (Å²) < 4.78 is 0. The van der Waals surface area contributed by atoms with E-state index in [-0.39, 0.29) is 18.8 Å². The van der Waals surface area contributed by atoms with E-state index in [1.807, 2.05) is 0 Å². The molecule has 0 aromatic heterocycles. The molecule has 0 rings (SSSR count). The van der Waals surface area contributed by atoms with Crippen molar-refractivity contribution in [2.45, 2.75) is 70.6 Å². The van der Waals surface area contributed by atoms with Crippen molar-refractivity contribution in [2.75, 3.05) is 0 Å². The molecule has 0 heterocycles. The maximum absolute atomic E-state index is 12.6. The number of aliphatic carboxylic acids is 3. The maximum atomic E-state index is 12.6. The SMILES string of the molecule is CC(C)C[C@H](NC(=O)[C@H](CCC(=O)O)NC(=O)[C@H](CC(=O)O)NC(=O)[C@H](C)N)C(=O)O. The predicted octanol–water partition coefficient (Wildman–Crippen LogP) is -1.74. The molecular formula is C18H30N4O9. The van der Waals surface area contributed by atoms with Crippen molar-refractivity contribution < 1.29 is 44.1 Å². The van der Waals surface area contributed by atoms with E-state index >= 15 is 0 Å². The lowest BCUT2D eigenvalue weighted by atomic mass is 10.0. The van der Waals surface area contributed by atoms with Gasteiger partial charge in [0.25, 0.3) is 0 Å². The van der Waals surface area contributed by atoms with Crippen LogP contribution in [0.25, 0.3) is 0 Å². The van der Waals surface area contributed by atoms with Gasteiger partial charge in [0.05, 0.1) is 12.5 Å². The standard InChI is InChI=1S/C18H30N4O9/c1-8(2)6-12(18(30)31)22-16(28)10(4-5-13(23)24)20-17(29)11(7-14(25)26)21-15(27)9(3)19/h8-12H,4-7,19H2,1-3H3,(H,20,29)(H,21,27)(H,22,28)(H,23,24)(H,25,26)(H,30,31)/t9-,10-,11-,12-/m0/s1. The molecule has 31 heavy (non-hydrogen) atoms. The van der Waals surface area contributed by atoms with E-state index in [0.29, 0.717) is 0 Å². The molecule has 0 aliphatic rings. The molecule has 0 aliphatic carbocycles. The van der Waals surface area contributed by atoms with Crippen LogP contribution in [0.4, 0.5) is 0 Å². The zero-order chi connectivity index (χ0) is 24.3. The minimum absolute atomic E-state index is 0.0816. The van der Waals surface area contributed by atoms with Crippen LogP contribution < -0.4 is 21.7 Å². The summed E-state index contributed by atoms with van der Waals surface area (Å²) in [5.41, 5.74) is 5.39. The molecular weight excluding hydrogens is 416 g/mol. The summed E-state index contributed by atoms with van der Waals surface area (Å²) in [6.07, 6.45) is -1.65. The van der Waals surface area contributed by atoms with Crippen molar-refractivity contribution in [2.24, 2.45) is 11.7 Å². The van der Waals surface area contributed by atoms with Crippen molar-refractivity contribution >= 4 is 35.6 Å². The number of hydrogen-bond acceptors (Lipinski definition) is 7. The second-order valence-electron chi connectivity index (χ2n) is 7.47. The average molecular weight is 446 g/mol. The van der Waals surface area contributed by atoms with E-state index < -0.39 is 72.6 Å². The van der Waals surface area contributed by atoms with Crippen molar-refractivity contribution in [3.8, 4) is 0 Å². The predicted molar refractivity (Wildman–Crippen MR) is 106 cm³/mol. The highest BCUT2D eigenvalue weighted by molar-refractivity contribution is 5.95. The first-order chi connectivity index (χ1) is 14.2. The molecule has 0 aromatic carbocycles. The third kappa shape index (κ3) is 11.5. The molecule has 8 N–H and O–H groups in total. The highest BCUT2D eigenvalue weighted by Gasteiger charge is 2.31. The van der Waals surface area contributed by atoms with Gasteiger partial charge in [-0.25, -0.2) is 4.79 Å². The highest BCUT2D eigenvalue weighted by atomic mass is 16.4. The minimum Gasteiger partial charge on any atom is -0.481 e. The van der Waals surface area contributed by atoms with Crippen molar-refractivity contribution in [3.05, 3.63) is 0 Å². The van der Waals surface area contributed by atoms with E-state index in [2.05, 4.69) is 16.0 Å². The summed E-state index contributed by atoms with van der Waals surface area (Å²) in [5, 5.41) is 33.7. The van der Waals surface area contributed by atoms with E-state index in [0.717, 1.165) is 0 Å². The molecule has 0 spiro atoms. The quantitative estimate of drug-likeness (QED) is 0.159. The molecule has 0 radical (unpaired) electrons. The van der Waals surface area contributed by atoms with Crippen molar-refractivity contribution in [1.82, 2.24) is 16.0 Å². The van der Waals surface area contributed by atoms with Gasteiger partial charge in [-0.15, -0.1) is 0 Å². The largest absolute Gasteiger partial charge is 0.481 e. The summed E-state index contributed by atoms with van der Waals surface area (Å²) in [5.74, 6) is -6.89. The second-order valence-corrected chi connectivity index (χ2v) is 7.47. The van der Waals surface area contributed by atoms with Gasteiger partial charge >= 0.3 is 17.9 Å². The Morgan fingerprint density at radius 3 is 1.65 bits per heavy atom. The summed E-state index contributed by atoms with van der Waals surface area (Å²) in [7, 11) is 0. The number of hydrogen-bond donors (Lipinski definition) is 7. The molecule has 3 amide bonds. The molecule has 0 saturated heterocycles. The third-order valence-electron chi connectivity index (χ3n) is 4.03. The van der Waals surface area contributed by atoms with Gasteiger partial charge in [-0.05, 0) is 25.7 Å². The molecule has 4 atom stereocenters. The Morgan fingerprint density at radius 2 is 1.23 bits per heavy atom. The summed E-state index contributed by atoms with van der Waals surface area (Å²) in [6, 6.07) is -5.37. The van der Waals surface area contributed by atoms with Gasteiger partial charge in [0.2, 0.25) is 17.7 Å². The van der Waals surface area contributed by atoms with Crippen LogP contribution in [0.15, 0.2) is 0 Å². The van der Waals surface area contributed by atoms with Gasteiger partial charge in [-0.1, -0.05) is 13.8 Å². The molecule has 13 nitrogen and oxygen atoms in total. The summed E-state index contributed by atoms with van der Waals surface area (Å²) >= 11 is 0. The van der Waals surface area contributed by atoms with Crippen molar-refractivity contribution in [1.29, 1.82) is 0 Å². The fourth-order valence-electron chi connectivity index (χ4n) is 2.46. The number of nitrogens with one attached hydrogen (secondary N) is 3. The fourth-order valence-corrected chi connectivity index (χ4v) is 2.46. The van der Waals surface area contributed by atoms with E-state index in [1.54, 1.807) is 13.8 Å². The molecule has 13 heteroatoms. The van der Waals surface area contributed by atoms with Gasteiger partial charge in [-0.3, -0.25) is 24.0 Å². The van der Waals surface area contributed by atoms with Gasteiger partial charge in [0, 0.05) is 6.42 Å². The smallest absolute Gasteiger partial charge is 0.326 e. The van der Waals surface area contributed by atoms with Crippen LogP contribution in [0.5, 0.6) is 0 Å². The Labute approximate surface area is 178 Å². The summed E-state index contributed by atoms with van der Waals surface area (Å²) in [6.45, 7) is 4.79. The number of carbonyl (C=O) groups is 6. The molecule has 0 fully saturated rings. The van der Waals surface area contributed by atoms with Gasteiger partial charge < -0.3 is 37.0 Å². The first-order valence-electron chi connectivity index (χ1n) is 9.57. The first-order valence-corrected chi connectivity index (χ1v) is 9.57. The number of amides is 3. The fraction of sp³-hybridized carbons (Fsp3) is 0.667. The van der Waals surface area contributed by atoms with Crippen LogP contribution in [0, 0.1) is 5.92 Å². The van der Waals surface area contributed by atoms with E-state index in [1.165, 1.54) is 6.92 Å². The molecule has 0 bridgehead atoms. The zero-order valence-electron chi connectivity index (χ0n) is 17.6.